The van der Waals surface area contributed by atoms with Crippen molar-refractivity contribution in [3.05, 3.63) is 150 Å². The van der Waals surface area contributed by atoms with Crippen LogP contribution in [0.25, 0.3) is 11.6 Å². The standard InChI is InChI=1S/C35H33N/c1-26-14-19-30(20-15-26)35(31-21-16-27(2)28(3)24-31)25-29-17-22-34(23-18-29)36(32-10-6-4-7-11-32)33-12-8-5-9-13-33/h4-25,27-28H,1-3H3. The summed E-state index contributed by atoms with van der Waals surface area (Å²) in [7, 11) is 0. The Morgan fingerprint density at radius 3 is 1.75 bits per heavy atom. The van der Waals surface area contributed by atoms with Crippen molar-refractivity contribution in [2.75, 3.05) is 4.90 Å². The molecule has 2 unspecified atom stereocenters. The first-order valence-corrected chi connectivity index (χ1v) is 12.8. The lowest BCUT2D eigenvalue weighted by Gasteiger charge is -2.25. The van der Waals surface area contributed by atoms with Gasteiger partial charge in [-0.3, -0.25) is 0 Å². The molecule has 0 bridgehead atoms. The molecule has 178 valence electrons. The molecule has 0 saturated carbocycles. The van der Waals surface area contributed by atoms with Crippen LogP contribution in [0.3, 0.4) is 0 Å². The van der Waals surface area contributed by atoms with E-state index in [9.17, 15) is 0 Å². The lowest BCUT2D eigenvalue weighted by atomic mass is 9.84. The van der Waals surface area contributed by atoms with Crippen LogP contribution in [0.2, 0.25) is 0 Å². The molecule has 36 heavy (non-hydrogen) atoms. The molecule has 0 radical (unpaired) electrons. The summed E-state index contributed by atoms with van der Waals surface area (Å²) in [6.07, 6.45) is 9.36. The topological polar surface area (TPSA) is 3.24 Å². The molecule has 0 fully saturated rings. The third-order valence-electron chi connectivity index (χ3n) is 7.02. The van der Waals surface area contributed by atoms with Gasteiger partial charge >= 0.3 is 0 Å². The molecule has 0 heterocycles. The van der Waals surface area contributed by atoms with Crippen molar-refractivity contribution in [3.8, 4) is 0 Å². The number of allylic oxidation sites excluding steroid dienone is 5. The number of anilines is 3. The molecule has 2 atom stereocenters. The number of benzene rings is 4. The molecule has 0 saturated heterocycles. The number of rotatable bonds is 6. The second-order valence-electron chi connectivity index (χ2n) is 9.72. The Labute approximate surface area is 215 Å². The quantitative estimate of drug-likeness (QED) is 0.255. The van der Waals surface area contributed by atoms with Gasteiger partial charge in [-0.25, -0.2) is 0 Å². The zero-order valence-electron chi connectivity index (χ0n) is 21.3. The van der Waals surface area contributed by atoms with Gasteiger partial charge in [0.25, 0.3) is 0 Å². The molecule has 1 aliphatic rings. The normalized spacial score (nSPS) is 17.5. The summed E-state index contributed by atoms with van der Waals surface area (Å²) in [5.41, 5.74) is 9.71. The Balaban J connectivity index is 1.54. The molecule has 4 aromatic carbocycles. The fourth-order valence-electron chi connectivity index (χ4n) is 4.65. The van der Waals surface area contributed by atoms with Gasteiger partial charge < -0.3 is 4.90 Å². The van der Waals surface area contributed by atoms with Gasteiger partial charge in [0.2, 0.25) is 0 Å². The summed E-state index contributed by atoms with van der Waals surface area (Å²) in [6, 6.07) is 38.8. The predicted octanol–water partition coefficient (Wildman–Crippen LogP) is 9.77. The molecule has 1 aliphatic carbocycles. The van der Waals surface area contributed by atoms with E-state index in [-0.39, 0.29) is 0 Å². The second-order valence-corrected chi connectivity index (χ2v) is 9.72. The number of hydrogen-bond donors (Lipinski definition) is 0. The Hall–Kier alpha value is -4.10. The van der Waals surface area contributed by atoms with E-state index in [0.717, 1.165) is 17.1 Å². The van der Waals surface area contributed by atoms with Crippen molar-refractivity contribution in [3.63, 3.8) is 0 Å². The number of aryl methyl sites for hydroxylation is 1. The summed E-state index contributed by atoms with van der Waals surface area (Å²) in [6.45, 7) is 6.73. The summed E-state index contributed by atoms with van der Waals surface area (Å²) < 4.78 is 0. The Bertz CT molecular complexity index is 1340. The zero-order chi connectivity index (χ0) is 24.9. The molecule has 0 N–H and O–H groups in total. The highest BCUT2D eigenvalue weighted by Gasteiger charge is 2.16. The second kappa shape index (κ2) is 10.7. The highest BCUT2D eigenvalue weighted by Crippen LogP contribution is 2.36. The molecule has 1 heteroatoms. The summed E-state index contributed by atoms with van der Waals surface area (Å²) in [5.74, 6) is 1.08. The number of hydrogen-bond acceptors (Lipinski definition) is 1. The van der Waals surface area contributed by atoms with Gasteiger partial charge in [0.05, 0.1) is 0 Å². The Morgan fingerprint density at radius 2 is 1.19 bits per heavy atom. The molecule has 0 amide bonds. The zero-order valence-corrected chi connectivity index (χ0v) is 21.3. The smallest absolute Gasteiger partial charge is 0.0462 e. The average Bonchev–Trinajstić information content (AvgIpc) is 2.92. The van der Waals surface area contributed by atoms with Gasteiger partial charge in [0.15, 0.2) is 0 Å². The van der Waals surface area contributed by atoms with Crippen LogP contribution in [0.1, 0.15) is 30.5 Å². The molecule has 1 nitrogen and oxygen atoms in total. The van der Waals surface area contributed by atoms with Gasteiger partial charge in [-0.2, -0.15) is 0 Å². The van der Waals surface area contributed by atoms with Crippen molar-refractivity contribution in [1.29, 1.82) is 0 Å². The van der Waals surface area contributed by atoms with Crippen LogP contribution in [0.15, 0.2) is 133 Å². The molecule has 0 aliphatic heterocycles. The van der Waals surface area contributed by atoms with Crippen molar-refractivity contribution in [2.45, 2.75) is 20.8 Å². The largest absolute Gasteiger partial charge is 0.311 e. The van der Waals surface area contributed by atoms with Gasteiger partial charge in [0, 0.05) is 17.1 Å². The van der Waals surface area contributed by atoms with E-state index in [0.29, 0.717) is 11.8 Å². The van der Waals surface area contributed by atoms with Crippen LogP contribution in [0, 0.1) is 18.8 Å². The van der Waals surface area contributed by atoms with Crippen molar-refractivity contribution >= 4 is 28.7 Å². The molecular formula is C35H33N. The van der Waals surface area contributed by atoms with Crippen LogP contribution in [-0.2, 0) is 0 Å². The first kappa shape index (κ1) is 23.6. The van der Waals surface area contributed by atoms with E-state index < -0.39 is 0 Å². The first-order chi connectivity index (χ1) is 17.6. The van der Waals surface area contributed by atoms with Crippen molar-refractivity contribution in [1.82, 2.24) is 0 Å². The van der Waals surface area contributed by atoms with Crippen molar-refractivity contribution in [2.24, 2.45) is 11.8 Å². The van der Waals surface area contributed by atoms with E-state index in [1.165, 1.54) is 27.8 Å². The highest BCUT2D eigenvalue weighted by molar-refractivity contribution is 5.93. The van der Waals surface area contributed by atoms with Gasteiger partial charge in [0.1, 0.15) is 0 Å². The average molecular weight is 468 g/mol. The fraction of sp³-hybridized carbons (Fsp3) is 0.143. The summed E-state index contributed by atoms with van der Waals surface area (Å²) in [4.78, 5) is 2.30. The van der Waals surface area contributed by atoms with Gasteiger partial charge in [-0.05, 0) is 83.5 Å². The summed E-state index contributed by atoms with van der Waals surface area (Å²) in [5, 5.41) is 0. The van der Waals surface area contributed by atoms with Gasteiger partial charge in [-0.1, -0.05) is 110 Å². The maximum atomic E-state index is 2.41. The maximum Gasteiger partial charge on any atom is 0.0462 e. The molecule has 0 aromatic heterocycles. The summed E-state index contributed by atoms with van der Waals surface area (Å²) >= 11 is 0. The van der Waals surface area contributed by atoms with E-state index in [4.69, 9.17) is 0 Å². The molecule has 4 aromatic rings. The molecular weight excluding hydrogens is 434 g/mol. The van der Waals surface area contributed by atoms with E-state index in [2.05, 4.69) is 159 Å². The SMILES string of the molecule is Cc1ccc(C(=Cc2ccc(N(c3ccccc3)c3ccccc3)cc2)C2=CC(C)C(C)C=C2)cc1. The lowest BCUT2D eigenvalue weighted by molar-refractivity contribution is 0.550. The maximum absolute atomic E-state index is 2.41. The number of nitrogens with zero attached hydrogens (tertiary/aromatic N) is 1. The Morgan fingerprint density at radius 1 is 0.639 bits per heavy atom. The molecule has 5 rings (SSSR count). The van der Waals surface area contributed by atoms with E-state index in [1.807, 2.05) is 0 Å². The van der Waals surface area contributed by atoms with E-state index in [1.54, 1.807) is 0 Å². The van der Waals surface area contributed by atoms with Crippen LogP contribution in [0.5, 0.6) is 0 Å². The highest BCUT2D eigenvalue weighted by atomic mass is 15.1. The lowest BCUT2D eigenvalue weighted by Crippen LogP contribution is -2.09. The number of para-hydroxylation sites is 2. The third-order valence-corrected chi connectivity index (χ3v) is 7.02. The third kappa shape index (κ3) is 5.26. The molecule has 0 spiro atoms. The van der Waals surface area contributed by atoms with E-state index >= 15 is 0 Å². The minimum Gasteiger partial charge on any atom is -0.311 e. The minimum atomic E-state index is 0.520. The van der Waals surface area contributed by atoms with Crippen molar-refractivity contribution < 1.29 is 0 Å². The van der Waals surface area contributed by atoms with Gasteiger partial charge in [-0.15, -0.1) is 0 Å². The minimum absolute atomic E-state index is 0.520. The first-order valence-electron chi connectivity index (χ1n) is 12.8. The Kier molecular flexibility index (Phi) is 7.00. The van der Waals surface area contributed by atoms with Crippen LogP contribution < -0.4 is 4.90 Å². The van der Waals surface area contributed by atoms with Crippen LogP contribution in [0.4, 0.5) is 17.1 Å². The predicted molar refractivity (Wildman–Crippen MR) is 156 cm³/mol. The van der Waals surface area contributed by atoms with Crippen LogP contribution in [-0.4, -0.2) is 0 Å². The van der Waals surface area contributed by atoms with Crippen LogP contribution >= 0.6 is 0 Å². The monoisotopic (exact) mass is 467 g/mol. The fourth-order valence-corrected chi connectivity index (χ4v) is 4.65.